The fraction of sp³-hybridized carbons (Fsp3) is 0.471. The van der Waals surface area contributed by atoms with Crippen LogP contribution in [-0.4, -0.2) is 36.5 Å². The molecule has 8 heteroatoms. The lowest BCUT2D eigenvalue weighted by atomic mass is 10.1. The van der Waals surface area contributed by atoms with Crippen LogP contribution < -0.4 is 15.4 Å². The van der Waals surface area contributed by atoms with Crippen molar-refractivity contribution in [2.24, 2.45) is 0 Å². The summed E-state index contributed by atoms with van der Waals surface area (Å²) in [6, 6.07) is 2.42. The van der Waals surface area contributed by atoms with Gasteiger partial charge in [-0.15, -0.1) is 0 Å². The zero-order chi connectivity index (χ0) is 18.8. The Hall–Kier alpha value is -2.64. The molecule has 1 atom stereocenters. The largest absolute Gasteiger partial charge is 0.494 e. The summed E-state index contributed by atoms with van der Waals surface area (Å²) in [4.78, 5) is 34.0. The Morgan fingerprint density at radius 1 is 1.24 bits per heavy atom. The van der Waals surface area contributed by atoms with Gasteiger partial charge in [0, 0.05) is 19.9 Å². The molecule has 1 aromatic carbocycles. The van der Waals surface area contributed by atoms with Crippen LogP contribution in [0, 0.1) is 5.82 Å². The summed E-state index contributed by atoms with van der Waals surface area (Å²) in [6.45, 7) is 1.97. The van der Waals surface area contributed by atoms with Crippen molar-refractivity contribution in [3.8, 4) is 5.75 Å². The van der Waals surface area contributed by atoms with E-state index >= 15 is 0 Å². The maximum Gasteiger partial charge on any atom is 0.330 e. The smallest absolute Gasteiger partial charge is 0.330 e. The van der Waals surface area contributed by atoms with Gasteiger partial charge in [-0.05, 0) is 30.5 Å². The van der Waals surface area contributed by atoms with Crippen molar-refractivity contribution in [3.63, 3.8) is 0 Å². The Bertz CT molecular complexity index is 621. The molecule has 0 heterocycles. The Morgan fingerprint density at radius 3 is 2.52 bits per heavy atom. The molecule has 25 heavy (non-hydrogen) atoms. The number of aliphatic carboxylic acids is 1. The number of carbonyl (C=O) groups excluding carboxylic acids is 2. The summed E-state index contributed by atoms with van der Waals surface area (Å²) in [5.41, 5.74) is 0.129. The Balaban J connectivity index is 2.52. The molecule has 0 aliphatic carbocycles. The molecule has 7 nitrogen and oxygen atoms in total. The third kappa shape index (κ3) is 7.19. The van der Waals surface area contributed by atoms with Gasteiger partial charge in [-0.2, -0.15) is 0 Å². The van der Waals surface area contributed by atoms with Crippen LogP contribution in [-0.2, 0) is 14.4 Å². The number of carbonyl (C=O) groups is 3. The second kappa shape index (κ2) is 10.3. The minimum Gasteiger partial charge on any atom is -0.494 e. The number of benzene rings is 1. The molecule has 3 N–H and O–H groups in total. The molecule has 0 radical (unpaired) electrons. The predicted molar refractivity (Wildman–Crippen MR) is 88.6 cm³/mol. The second-order valence-electron chi connectivity index (χ2n) is 5.53. The summed E-state index contributed by atoms with van der Waals surface area (Å²) in [7, 11) is 1.31. The first-order valence-corrected chi connectivity index (χ1v) is 7.95. The minimum atomic E-state index is -1.33. The van der Waals surface area contributed by atoms with Crippen molar-refractivity contribution in [1.29, 1.82) is 0 Å². The van der Waals surface area contributed by atoms with E-state index in [2.05, 4.69) is 10.6 Å². The monoisotopic (exact) mass is 354 g/mol. The molecule has 2 amide bonds. The number of ether oxygens (including phenoxy) is 1. The van der Waals surface area contributed by atoms with Crippen molar-refractivity contribution in [2.45, 2.75) is 38.6 Å². The highest BCUT2D eigenvalue weighted by Crippen LogP contribution is 2.22. The van der Waals surface area contributed by atoms with E-state index < -0.39 is 23.7 Å². The van der Waals surface area contributed by atoms with Gasteiger partial charge in [0.05, 0.1) is 7.11 Å². The maximum absolute atomic E-state index is 13.7. The lowest BCUT2D eigenvalue weighted by molar-refractivity contribution is -0.142. The quantitative estimate of drug-likeness (QED) is 0.556. The molecule has 0 saturated heterocycles. The number of nitrogens with one attached hydrogen (secondary N) is 2. The SMILES string of the molecule is COc1ccc(C(NC(=O)CCCCCNC(C)=O)C(=O)O)cc1F. The molecule has 0 bridgehead atoms. The summed E-state index contributed by atoms with van der Waals surface area (Å²) in [5, 5.41) is 14.3. The molecule has 0 aliphatic heterocycles. The Kier molecular flexibility index (Phi) is 8.38. The predicted octanol–water partition coefficient (Wildman–Crippen LogP) is 1.77. The van der Waals surface area contributed by atoms with E-state index in [4.69, 9.17) is 4.74 Å². The first-order valence-electron chi connectivity index (χ1n) is 7.95. The number of rotatable bonds is 10. The maximum atomic E-state index is 13.7. The van der Waals surface area contributed by atoms with Crippen molar-refractivity contribution in [3.05, 3.63) is 29.6 Å². The number of amides is 2. The average molecular weight is 354 g/mol. The molecule has 1 aromatic rings. The Morgan fingerprint density at radius 2 is 1.96 bits per heavy atom. The zero-order valence-electron chi connectivity index (χ0n) is 14.3. The van der Waals surface area contributed by atoms with E-state index in [0.717, 1.165) is 18.9 Å². The fourth-order valence-corrected chi connectivity index (χ4v) is 2.23. The van der Waals surface area contributed by atoms with Crippen LogP contribution in [0.15, 0.2) is 18.2 Å². The lowest BCUT2D eigenvalue weighted by Gasteiger charge is -2.15. The van der Waals surface area contributed by atoms with E-state index in [1.165, 1.54) is 26.2 Å². The minimum absolute atomic E-state index is 0.00149. The van der Waals surface area contributed by atoms with E-state index in [0.29, 0.717) is 13.0 Å². The van der Waals surface area contributed by atoms with E-state index in [-0.39, 0.29) is 23.6 Å². The molecular weight excluding hydrogens is 331 g/mol. The van der Waals surface area contributed by atoms with Crippen molar-refractivity contribution >= 4 is 17.8 Å². The Labute approximate surface area is 145 Å². The standard InChI is InChI=1S/C17H23FN2O5/c1-11(21)19-9-5-3-4-6-15(22)20-16(17(23)24)12-7-8-14(25-2)13(18)10-12/h7-8,10,16H,3-6,9H2,1-2H3,(H,19,21)(H,20,22)(H,23,24). The highest BCUT2D eigenvalue weighted by atomic mass is 19.1. The molecule has 0 spiro atoms. The molecule has 0 aromatic heterocycles. The number of halogens is 1. The molecule has 0 fully saturated rings. The number of hydrogen-bond donors (Lipinski definition) is 3. The van der Waals surface area contributed by atoms with Crippen LogP contribution in [0.4, 0.5) is 4.39 Å². The lowest BCUT2D eigenvalue weighted by Crippen LogP contribution is -2.33. The van der Waals surface area contributed by atoms with E-state index in [1.807, 2.05) is 0 Å². The number of methoxy groups -OCH3 is 1. The van der Waals surface area contributed by atoms with Gasteiger partial charge in [0.1, 0.15) is 0 Å². The fourth-order valence-electron chi connectivity index (χ4n) is 2.23. The van der Waals surface area contributed by atoms with Crippen LogP contribution in [0.2, 0.25) is 0 Å². The molecule has 0 aliphatic rings. The molecule has 138 valence electrons. The number of unbranched alkanes of at least 4 members (excludes halogenated alkanes) is 2. The highest BCUT2D eigenvalue weighted by molar-refractivity contribution is 5.84. The van der Waals surface area contributed by atoms with Crippen LogP contribution >= 0.6 is 0 Å². The van der Waals surface area contributed by atoms with Gasteiger partial charge in [-0.1, -0.05) is 12.5 Å². The highest BCUT2D eigenvalue weighted by Gasteiger charge is 2.23. The topological polar surface area (TPSA) is 105 Å². The number of carboxylic acid groups (broad SMARTS) is 1. The normalized spacial score (nSPS) is 11.5. The molecule has 0 saturated carbocycles. The van der Waals surface area contributed by atoms with Crippen molar-refractivity contribution in [1.82, 2.24) is 10.6 Å². The van der Waals surface area contributed by atoms with Gasteiger partial charge >= 0.3 is 5.97 Å². The summed E-state index contributed by atoms with van der Waals surface area (Å²) >= 11 is 0. The third-order valence-corrected chi connectivity index (χ3v) is 3.52. The second-order valence-corrected chi connectivity index (χ2v) is 5.53. The molecule has 1 rings (SSSR count). The van der Waals surface area contributed by atoms with Gasteiger partial charge < -0.3 is 20.5 Å². The van der Waals surface area contributed by atoms with Gasteiger partial charge in [0.15, 0.2) is 17.6 Å². The van der Waals surface area contributed by atoms with Gasteiger partial charge in [0.25, 0.3) is 0 Å². The zero-order valence-corrected chi connectivity index (χ0v) is 14.3. The first kappa shape index (κ1) is 20.4. The number of hydrogen-bond acceptors (Lipinski definition) is 4. The van der Waals surface area contributed by atoms with Crippen LogP contribution in [0.25, 0.3) is 0 Å². The van der Waals surface area contributed by atoms with Crippen LogP contribution in [0.1, 0.15) is 44.2 Å². The van der Waals surface area contributed by atoms with Gasteiger partial charge in [-0.25, -0.2) is 9.18 Å². The molecule has 1 unspecified atom stereocenters. The van der Waals surface area contributed by atoms with Crippen LogP contribution in [0.3, 0.4) is 0 Å². The van der Waals surface area contributed by atoms with E-state index in [9.17, 15) is 23.9 Å². The van der Waals surface area contributed by atoms with Crippen molar-refractivity contribution < 1.29 is 28.6 Å². The summed E-state index contributed by atoms with van der Waals surface area (Å²) < 4.78 is 18.5. The summed E-state index contributed by atoms with van der Waals surface area (Å²) in [5.74, 6) is -2.50. The first-order chi connectivity index (χ1) is 11.8. The van der Waals surface area contributed by atoms with Gasteiger partial charge in [0.2, 0.25) is 11.8 Å². The molecular formula is C17H23FN2O5. The van der Waals surface area contributed by atoms with E-state index in [1.54, 1.807) is 0 Å². The van der Waals surface area contributed by atoms with Crippen LogP contribution in [0.5, 0.6) is 5.75 Å². The average Bonchev–Trinajstić information content (AvgIpc) is 2.55. The van der Waals surface area contributed by atoms with Gasteiger partial charge in [-0.3, -0.25) is 9.59 Å². The summed E-state index contributed by atoms with van der Waals surface area (Å²) in [6.07, 6.45) is 2.18. The third-order valence-electron chi connectivity index (χ3n) is 3.52. The van der Waals surface area contributed by atoms with Crippen molar-refractivity contribution in [2.75, 3.05) is 13.7 Å². The number of carboxylic acids is 1.